The van der Waals surface area contributed by atoms with Crippen molar-refractivity contribution in [1.82, 2.24) is 24.6 Å². The van der Waals surface area contributed by atoms with E-state index in [2.05, 4.69) is 26.9 Å². The van der Waals surface area contributed by atoms with Crippen LogP contribution >= 0.6 is 0 Å². The second kappa shape index (κ2) is 7.36. The number of hydrogen-bond acceptors (Lipinski definition) is 6. The van der Waals surface area contributed by atoms with Crippen LogP contribution in [0.3, 0.4) is 0 Å². The maximum atomic E-state index is 5.23. The summed E-state index contributed by atoms with van der Waals surface area (Å²) in [5.41, 5.74) is 3.84. The van der Waals surface area contributed by atoms with Gasteiger partial charge in [0, 0.05) is 44.1 Å². The third kappa shape index (κ3) is 3.64. The van der Waals surface area contributed by atoms with Crippen LogP contribution in [-0.2, 0) is 0 Å². The summed E-state index contributed by atoms with van der Waals surface area (Å²) >= 11 is 0. The Labute approximate surface area is 159 Å². The number of piperazine rings is 1. The second-order valence-electron chi connectivity index (χ2n) is 6.80. The molecule has 0 radical (unpaired) electrons. The van der Waals surface area contributed by atoms with E-state index in [-0.39, 0.29) is 0 Å². The Hall–Kier alpha value is -2.93. The smallest absolute Gasteiger partial charge is 0.225 e. The molecule has 1 aliphatic rings. The molecule has 0 amide bonds. The molecular formula is C20H24N6O. The van der Waals surface area contributed by atoms with E-state index in [4.69, 9.17) is 9.72 Å². The number of nitrogens with zero attached hydrogens (tertiary/aromatic N) is 6. The first-order valence-corrected chi connectivity index (χ1v) is 9.11. The van der Waals surface area contributed by atoms with Crippen molar-refractivity contribution in [1.29, 1.82) is 0 Å². The zero-order chi connectivity index (χ0) is 18.8. The molecule has 3 aromatic rings. The molecule has 27 heavy (non-hydrogen) atoms. The van der Waals surface area contributed by atoms with Crippen molar-refractivity contribution in [3.05, 3.63) is 48.4 Å². The lowest BCUT2D eigenvalue weighted by Gasteiger charge is -2.32. The zero-order valence-corrected chi connectivity index (χ0v) is 16.0. The van der Waals surface area contributed by atoms with Crippen molar-refractivity contribution in [3.63, 3.8) is 0 Å². The van der Waals surface area contributed by atoms with Crippen LogP contribution in [0.2, 0.25) is 0 Å². The standard InChI is InChI=1S/C20H24N6O/c1-15-18(14-26(23-15)16-4-6-17(27-3)7-5-16)19-8-9-21-20(22-19)25-12-10-24(2)11-13-25/h4-9,14H,10-13H2,1-3H3. The van der Waals surface area contributed by atoms with Gasteiger partial charge >= 0.3 is 0 Å². The molecule has 4 rings (SSSR count). The van der Waals surface area contributed by atoms with Gasteiger partial charge in [0.05, 0.1) is 24.2 Å². The van der Waals surface area contributed by atoms with Crippen molar-refractivity contribution in [2.24, 2.45) is 0 Å². The molecule has 0 unspecified atom stereocenters. The predicted molar refractivity (Wildman–Crippen MR) is 106 cm³/mol. The summed E-state index contributed by atoms with van der Waals surface area (Å²) in [5, 5.41) is 4.66. The van der Waals surface area contributed by atoms with Gasteiger partial charge in [-0.3, -0.25) is 0 Å². The van der Waals surface area contributed by atoms with Crippen LogP contribution in [0, 0.1) is 6.92 Å². The van der Waals surface area contributed by atoms with E-state index in [1.165, 1.54) is 0 Å². The van der Waals surface area contributed by atoms with Crippen LogP contribution in [0.4, 0.5) is 5.95 Å². The van der Waals surface area contributed by atoms with Crippen molar-refractivity contribution >= 4 is 5.95 Å². The van der Waals surface area contributed by atoms with Crippen LogP contribution in [0.15, 0.2) is 42.7 Å². The summed E-state index contributed by atoms with van der Waals surface area (Å²) in [7, 11) is 3.81. The highest BCUT2D eigenvalue weighted by molar-refractivity contribution is 5.62. The minimum Gasteiger partial charge on any atom is -0.497 e. The lowest BCUT2D eigenvalue weighted by atomic mass is 10.2. The van der Waals surface area contributed by atoms with E-state index in [1.54, 1.807) is 7.11 Å². The van der Waals surface area contributed by atoms with Crippen LogP contribution in [0.5, 0.6) is 5.75 Å². The topological polar surface area (TPSA) is 59.3 Å². The molecule has 2 aromatic heterocycles. The molecule has 7 nitrogen and oxygen atoms in total. The van der Waals surface area contributed by atoms with Gasteiger partial charge in [0.15, 0.2) is 0 Å². The first-order chi connectivity index (χ1) is 13.1. The van der Waals surface area contributed by atoms with E-state index < -0.39 is 0 Å². The van der Waals surface area contributed by atoms with E-state index in [1.807, 2.05) is 54.3 Å². The second-order valence-corrected chi connectivity index (χ2v) is 6.80. The highest BCUT2D eigenvalue weighted by atomic mass is 16.5. The molecule has 1 aliphatic heterocycles. The van der Waals surface area contributed by atoms with Crippen molar-refractivity contribution in [2.45, 2.75) is 6.92 Å². The first kappa shape index (κ1) is 17.5. The third-order valence-corrected chi connectivity index (χ3v) is 4.94. The summed E-state index contributed by atoms with van der Waals surface area (Å²) < 4.78 is 7.10. The van der Waals surface area contributed by atoms with Gasteiger partial charge < -0.3 is 14.5 Å². The Balaban J connectivity index is 1.62. The van der Waals surface area contributed by atoms with E-state index >= 15 is 0 Å². The lowest BCUT2D eigenvalue weighted by molar-refractivity contribution is 0.311. The highest BCUT2D eigenvalue weighted by Gasteiger charge is 2.18. The molecule has 1 aromatic carbocycles. The molecule has 3 heterocycles. The number of benzene rings is 1. The largest absolute Gasteiger partial charge is 0.497 e. The average molecular weight is 364 g/mol. The molecule has 1 fully saturated rings. The van der Waals surface area contributed by atoms with Crippen LogP contribution in [0.25, 0.3) is 16.9 Å². The predicted octanol–water partition coefficient (Wildman–Crippen LogP) is 2.40. The number of aryl methyl sites for hydroxylation is 1. The van der Waals surface area contributed by atoms with Gasteiger partial charge in [0.1, 0.15) is 5.75 Å². The van der Waals surface area contributed by atoms with Gasteiger partial charge in [0.25, 0.3) is 0 Å². The number of likely N-dealkylation sites (N-methyl/N-ethyl adjacent to an activating group) is 1. The van der Waals surface area contributed by atoms with Gasteiger partial charge in [-0.25, -0.2) is 14.6 Å². The zero-order valence-electron chi connectivity index (χ0n) is 16.0. The minimum absolute atomic E-state index is 0.789. The Morgan fingerprint density at radius 1 is 1.00 bits per heavy atom. The fraction of sp³-hybridized carbons (Fsp3) is 0.350. The molecule has 0 N–H and O–H groups in total. The van der Waals surface area contributed by atoms with Crippen molar-refractivity contribution < 1.29 is 4.74 Å². The summed E-state index contributed by atoms with van der Waals surface area (Å²) in [5.74, 6) is 1.62. The summed E-state index contributed by atoms with van der Waals surface area (Å²) in [6.07, 6.45) is 3.85. The molecule has 7 heteroatoms. The van der Waals surface area contributed by atoms with Crippen LogP contribution in [-0.4, -0.2) is 65.0 Å². The Morgan fingerprint density at radius 3 is 2.44 bits per heavy atom. The maximum Gasteiger partial charge on any atom is 0.225 e. The van der Waals surface area contributed by atoms with E-state index in [0.29, 0.717) is 0 Å². The summed E-state index contributed by atoms with van der Waals surface area (Å²) in [6.45, 7) is 5.96. The number of hydrogen-bond donors (Lipinski definition) is 0. The molecule has 1 saturated heterocycles. The molecule has 0 bridgehead atoms. The summed E-state index contributed by atoms with van der Waals surface area (Å²) in [6, 6.07) is 9.79. The number of rotatable bonds is 4. The fourth-order valence-corrected chi connectivity index (χ4v) is 3.24. The molecule has 0 atom stereocenters. The van der Waals surface area contributed by atoms with Gasteiger partial charge in [-0.15, -0.1) is 0 Å². The SMILES string of the molecule is COc1ccc(-n2cc(-c3ccnc(N4CCN(C)CC4)n3)c(C)n2)cc1. The van der Waals surface area contributed by atoms with E-state index in [9.17, 15) is 0 Å². The Bertz CT molecular complexity index is 912. The monoisotopic (exact) mass is 364 g/mol. The van der Waals surface area contributed by atoms with Crippen molar-refractivity contribution in [3.8, 4) is 22.7 Å². The van der Waals surface area contributed by atoms with Crippen LogP contribution in [0.1, 0.15) is 5.69 Å². The molecule has 0 aliphatic carbocycles. The summed E-state index contributed by atoms with van der Waals surface area (Å²) in [4.78, 5) is 13.9. The lowest BCUT2D eigenvalue weighted by Crippen LogP contribution is -2.45. The Kier molecular flexibility index (Phi) is 4.77. The quantitative estimate of drug-likeness (QED) is 0.709. The number of aromatic nitrogens is 4. The molecule has 0 saturated carbocycles. The van der Waals surface area contributed by atoms with Gasteiger partial charge in [-0.1, -0.05) is 0 Å². The third-order valence-electron chi connectivity index (χ3n) is 4.94. The fourth-order valence-electron chi connectivity index (χ4n) is 3.24. The van der Waals surface area contributed by atoms with Crippen LogP contribution < -0.4 is 9.64 Å². The van der Waals surface area contributed by atoms with Gasteiger partial charge in [-0.05, 0) is 44.3 Å². The van der Waals surface area contributed by atoms with Crippen molar-refractivity contribution in [2.75, 3.05) is 45.2 Å². The highest BCUT2D eigenvalue weighted by Crippen LogP contribution is 2.24. The Morgan fingerprint density at radius 2 is 1.74 bits per heavy atom. The normalized spacial score (nSPS) is 15.1. The molecule has 140 valence electrons. The molecule has 0 spiro atoms. The van der Waals surface area contributed by atoms with Gasteiger partial charge in [0.2, 0.25) is 5.95 Å². The first-order valence-electron chi connectivity index (χ1n) is 9.11. The number of methoxy groups -OCH3 is 1. The maximum absolute atomic E-state index is 5.23. The minimum atomic E-state index is 0.789. The number of ether oxygens (including phenoxy) is 1. The molecular weight excluding hydrogens is 340 g/mol. The number of anilines is 1. The average Bonchev–Trinajstić information content (AvgIpc) is 3.10. The van der Waals surface area contributed by atoms with Gasteiger partial charge in [-0.2, -0.15) is 5.10 Å². The van der Waals surface area contributed by atoms with E-state index in [0.717, 1.165) is 60.5 Å².